The molecule has 0 spiro atoms. The summed E-state index contributed by atoms with van der Waals surface area (Å²) in [4.78, 5) is 8.65. The third-order valence-electron chi connectivity index (χ3n) is 3.27. The maximum absolute atomic E-state index is 6.25. The molecule has 0 aliphatic heterocycles. The summed E-state index contributed by atoms with van der Waals surface area (Å²) in [5.74, 6) is 5.73. The van der Waals surface area contributed by atoms with E-state index >= 15 is 0 Å². The van der Waals surface area contributed by atoms with Gasteiger partial charge in [-0.15, -0.1) is 0 Å². The Morgan fingerprint density at radius 2 is 1.95 bits per heavy atom. The van der Waals surface area contributed by atoms with Crippen LogP contribution in [-0.2, 0) is 0 Å². The van der Waals surface area contributed by atoms with Crippen molar-refractivity contribution in [2.75, 3.05) is 0 Å². The second-order valence-corrected chi connectivity index (χ2v) is 5.38. The van der Waals surface area contributed by atoms with Crippen LogP contribution in [0, 0.1) is 0 Å². The Hall–Kier alpha value is -1.72. The molecule has 0 radical (unpaired) electrons. The van der Waals surface area contributed by atoms with Gasteiger partial charge >= 0.3 is 0 Å². The minimum atomic E-state index is -0.345. The van der Waals surface area contributed by atoms with Crippen LogP contribution in [-0.4, -0.2) is 9.97 Å². The molecule has 4 nitrogen and oxygen atoms in total. The lowest BCUT2D eigenvalue weighted by Crippen LogP contribution is -2.30. The maximum Gasteiger partial charge on any atom is 0.0903 e. The molecule has 0 fully saturated rings. The van der Waals surface area contributed by atoms with E-state index in [1.165, 1.54) is 0 Å². The van der Waals surface area contributed by atoms with E-state index in [1.807, 2.05) is 30.3 Å². The molecule has 2 aromatic heterocycles. The monoisotopic (exact) mass is 318 g/mol. The highest BCUT2D eigenvalue weighted by molar-refractivity contribution is 6.34. The summed E-state index contributed by atoms with van der Waals surface area (Å²) in [6, 6.07) is 11.0. The molecule has 0 amide bonds. The third kappa shape index (κ3) is 2.71. The second-order valence-electron chi connectivity index (χ2n) is 4.54. The number of hydrazine groups is 1. The summed E-state index contributed by atoms with van der Waals surface area (Å²) >= 11 is 12.1. The Labute approximate surface area is 131 Å². The molecule has 2 heterocycles. The molecule has 3 aromatic rings. The summed E-state index contributed by atoms with van der Waals surface area (Å²) in [5, 5.41) is 1.95. The number of hydrogen-bond acceptors (Lipinski definition) is 4. The molecule has 0 aliphatic rings. The summed E-state index contributed by atoms with van der Waals surface area (Å²) in [5.41, 5.74) is 5.24. The first-order valence-electron chi connectivity index (χ1n) is 6.31. The van der Waals surface area contributed by atoms with Crippen molar-refractivity contribution in [1.29, 1.82) is 0 Å². The molecule has 106 valence electrons. The molecule has 1 unspecified atom stereocenters. The van der Waals surface area contributed by atoms with Gasteiger partial charge in [0.1, 0.15) is 0 Å². The Morgan fingerprint density at radius 3 is 2.71 bits per heavy atom. The van der Waals surface area contributed by atoms with E-state index in [1.54, 1.807) is 18.5 Å². The lowest BCUT2D eigenvalue weighted by atomic mass is 9.99. The number of aromatic nitrogens is 2. The Morgan fingerprint density at radius 1 is 1.10 bits per heavy atom. The van der Waals surface area contributed by atoms with Gasteiger partial charge in [-0.25, -0.2) is 5.43 Å². The molecular formula is C15H12Cl2N4. The first-order valence-corrected chi connectivity index (χ1v) is 7.07. The standard InChI is InChI=1S/C15H12Cl2N4/c16-9-7-12(17)15(20-8-9)14(21-18)11-3-1-5-13-10(11)4-2-6-19-13/h1-8,14,21H,18H2. The van der Waals surface area contributed by atoms with Crippen LogP contribution in [0.3, 0.4) is 0 Å². The predicted molar refractivity (Wildman–Crippen MR) is 85.2 cm³/mol. The average Bonchev–Trinajstić information content (AvgIpc) is 2.50. The highest BCUT2D eigenvalue weighted by Gasteiger charge is 2.19. The summed E-state index contributed by atoms with van der Waals surface area (Å²) in [6.07, 6.45) is 3.31. The summed E-state index contributed by atoms with van der Waals surface area (Å²) < 4.78 is 0. The quantitative estimate of drug-likeness (QED) is 0.573. The number of rotatable bonds is 3. The van der Waals surface area contributed by atoms with Crippen molar-refractivity contribution >= 4 is 34.1 Å². The van der Waals surface area contributed by atoms with Gasteiger partial charge in [-0.2, -0.15) is 0 Å². The van der Waals surface area contributed by atoms with E-state index < -0.39 is 0 Å². The molecule has 0 saturated carbocycles. The van der Waals surface area contributed by atoms with Crippen molar-refractivity contribution in [3.05, 3.63) is 70.1 Å². The summed E-state index contributed by atoms with van der Waals surface area (Å²) in [7, 11) is 0. The minimum Gasteiger partial charge on any atom is -0.271 e. The highest BCUT2D eigenvalue weighted by Crippen LogP contribution is 2.31. The average molecular weight is 319 g/mol. The molecule has 0 bridgehead atoms. The van der Waals surface area contributed by atoms with Gasteiger partial charge < -0.3 is 0 Å². The van der Waals surface area contributed by atoms with Crippen LogP contribution in [0.4, 0.5) is 0 Å². The van der Waals surface area contributed by atoms with Gasteiger partial charge in [0.05, 0.1) is 27.3 Å². The first-order chi connectivity index (χ1) is 10.2. The SMILES string of the molecule is NNC(c1ncc(Cl)cc1Cl)c1cccc2ncccc12. The van der Waals surface area contributed by atoms with Crippen LogP contribution in [0.15, 0.2) is 48.8 Å². The van der Waals surface area contributed by atoms with E-state index in [2.05, 4.69) is 15.4 Å². The highest BCUT2D eigenvalue weighted by atomic mass is 35.5. The molecule has 3 N–H and O–H groups in total. The topological polar surface area (TPSA) is 63.8 Å². The van der Waals surface area contributed by atoms with E-state index in [0.29, 0.717) is 15.7 Å². The van der Waals surface area contributed by atoms with Crippen LogP contribution in [0.25, 0.3) is 10.9 Å². The normalized spacial score (nSPS) is 12.5. The number of fused-ring (bicyclic) bond motifs is 1. The Kier molecular flexibility index (Phi) is 4.03. The molecule has 6 heteroatoms. The van der Waals surface area contributed by atoms with E-state index in [0.717, 1.165) is 16.5 Å². The van der Waals surface area contributed by atoms with Gasteiger partial charge in [0.2, 0.25) is 0 Å². The zero-order valence-electron chi connectivity index (χ0n) is 10.9. The van der Waals surface area contributed by atoms with Crippen LogP contribution >= 0.6 is 23.2 Å². The fraction of sp³-hybridized carbons (Fsp3) is 0.0667. The van der Waals surface area contributed by atoms with Crippen molar-refractivity contribution in [2.45, 2.75) is 6.04 Å². The fourth-order valence-corrected chi connectivity index (χ4v) is 2.82. The Balaban J connectivity index is 2.18. The zero-order valence-corrected chi connectivity index (χ0v) is 12.4. The van der Waals surface area contributed by atoms with E-state index in [9.17, 15) is 0 Å². The molecule has 0 aliphatic carbocycles. The molecular weight excluding hydrogens is 307 g/mol. The van der Waals surface area contributed by atoms with E-state index in [-0.39, 0.29) is 6.04 Å². The second kappa shape index (κ2) is 5.95. The largest absolute Gasteiger partial charge is 0.271 e. The third-order valence-corrected chi connectivity index (χ3v) is 3.78. The zero-order chi connectivity index (χ0) is 14.8. The van der Waals surface area contributed by atoms with Gasteiger partial charge in [-0.3, -0.25) is 15.8 Å². The smallest absolute Gasteiger partial charge is 0.0903 e. The number of nitrogens with one attached hydrogen (secondary N) is 1. The lowest BCUT2D eigenvalue weighted by Gasteiger charge is -2.19. The molecule has 1 aromatic carbocycles. The van der Waals surface area contributed by atoms with Crippen LogP contribution < -0.4 is 11.3 Å². The Bertz CT molecular complexity index is 786. The van der Waals surface area contributed by atoms with Crippen molar-refractivity contribution in [2.24, 2.45) is 5.84 Å². The lowest BCUT2D eigenvalue weighted by molar-refractivity contribution is 0.625. The predicted octanol–water partition coefficient (Wildman–Crippen LogP) is 3.49. The van der Waals surface area contributed by atoms with Crippen LogP contribution in [0.5, 0.6) is 0 Å². The maximum atomic E-state index is 6.25. The molecule has 0 saturated heterocycles. The van der Waals surface area contributed by atoms with E-state index in [4.69, 9.17) is 29.0 Å². The van der Waals surface area contributed by atoms with Crippen molar-refractivity contribution in [3.63, 3.8) is 0 Å². The molecule has 3 rings (SSSR count). The minimum absolute atomic E-state index is 0.345. The number of benzene rings is 1. The fourth-order valence-electron chi connectivity index (χ4n) is 2.33. The molecule has 1 atom stereocenters. The number of halogens is 2. The van der Waals surface area contributed by atoms with Gasteiger partial charge in [0.25, 0.3) is 0 Å². The van der Waals surface area contributed by atoms with Gasteiger partial charge in [-0.1, -0.05) is 41.4 Å². The number of nitrogens with two attached hydrogens (primary N) is 1. The van der Waals surface area contributed by atoms with Gasteiger partial charge in [-0.05, 0) is 23.8 Å². The van der Waals surface area contributed by atoms with Crippen molar-refractivity contribution in [3.8, 4) is 0 Å². The number of nitrogens with zero attached hydrogens (tertiary/aromatic N) is 2. The van der Waals surface area contributed by atoms with Crippen LogP contribution in [0.2, 0.25) is 10.0 Å². The van der Waals surface area contributed by atoms with Gasteiger partial charge in [0, 0.05) is 17.8 Å². The van der Waals surface area contributed by atoms with Crippen LogP contribution in [0.1, 0.15) is 17.3 Å². The molecule has 21 heavy (non-hydrogen) atoms. The number of hydrogen-bond donors (Lipinski definition) is 2. The first kappa shape index (κ1) is 14.2. The van der Waals surface area contributed by atoms with Crippen molar-refractivity contribution < 1.29 is 0 Å². The van der Waals surface area contributed by atoms with Crippen molar-refractivity contribution in [1.82, 2.24) is 15.4 Å². The summed E-state index contributed by atoms with van der Waals surface area (Å²) in [6.45, 7) is 0. The number of pyridine rings is 2. The van der Waals surface area contributed by atoms with Gasteiger partial charge in [0.15, 0.2) is 0 Å².